The van der Waals surface area contributed by atoms with Crippen molar-refractivity contribution in [2.45, 2.75) is 0 Å². The second-order valence-corrected chi connectivity index (χ2v) is 5.97. The van der Waals surface area contributed by atoms with E-state index in [4.69, 9.17) is 0 Å². The van der Waals surface area contributed by atoms with Crippen LogP contribution in [0.4, 0.5) is 0 Å². The number of hydrogen-bond acceptors (Lipinski definition) is 2. The van der Waals surface area contributed by atoms with Crippen molar-refractivity contribution in [2.75, 3.05) is 0 Å². The summed E-state index contributed by atoms with van der Waals surface area (Å²) in [6.45, 7) is 0. The summed E-state index contributed by atoms with van der Waals surface area (Å²) >= 11 is 3.49. The van der Waals surface area contributed by atoms with E-state index in [9.17, 15) is 5.26 Å². The predicted molar refractivity (Wildman–Crippen MR) is 91.0 cm³/mol. The first-order valence-corrected chi connectivity index (χ1v) is 7.61. The molecule has 2 aromatic heterocycles. The molecule has 2 aromatic carbocycles. The Morgan fingerprint density at radius 2 is 1.82 bits per heavy atom. The van der Waals surface area contributed by atoms with Crippen molar-refractivity contribution < 1.29 is 0 Å². The summed E-state index contributed by atoms with van der Waals surface area (Å²) in [6, 6.07) is 18.2. The van der Waals surface area contributed by atoms with Gasteiger partial charge in [0.2, 0.25) is 0 Å². The molecule has 0 unspecified atom stereocenters. The Hall–Kier alpha value is -2.64. The smallest absolute Gasteiger partial charge is 0.0992 e. The van der Waals surface area contributed by atoms with Crippen LogP contribution in [-0.2, 0) is 0 Å². The Morgan fingerprint density at radius 3 is 2.68 bits per heavy atom. The Morgan fingerprint density at radius 1 is 1.00 bits per heavy atom. The molecule has 0 amide bonds. The molecule has 4 rings (SSSR count). The van der Waals surface area contributed by atoms with Crippen molar-refractivity contribution in [3.05, 3.63) is 71.0 Å². The number of nitrogens with zero attached hydrogens (tertiary/aromatic N) is 3. The maximum absolute atomic E-state index is 9.22. The van der Waals surface area contributed by atoms with Crippen LogP contribution in [0.5, 0.6) is 0 Å². The van der Waals surface area contributed by atoms with Gasteiger partial charge in [0.15, 0.2) is 0 Å². The summed E-state index contributed by atoms with van der Waals surface area (Å²) in [5.74, 6) is 0. The van der Waals surface area contributed by atoms with Crippen LogP contribution in [-0.4, -0.2) is 9.55 Å². The monoisotopic (exact) mass is 347 g/mol. The third-order valence-electron chi connectivity index (χ3n) is 3.75. The van der Waals surface area contributed by atoms with Crippen LogP contribution >= 0.6 is 15.9 Å². The zero-order valence-electron chi connectivity index (χ0n) is 11.5. The minimum Gasteiger partial charge on any atom is -0.308 e. The third kappa shape index (κ3) is 1.91. The van der Waals surface area contributed by atoms with E-state index in [2.05, 4.69) is 43.7 Å². The number of hydrogen-bond donors (Lipinski definition) is 0. The Balaban J connectivity index is 2.18. The van der Waals surface area contributed by atoms with Gasteiger partial charge in [-0.25, -0.2) is 0 Å². The molecule has 4 aromatic rings. The number of nitriles is 1. The lowest BCUT2D eigenvalue weighted by molar-refractivity contribution is 1.16. The normalized spacial score (nSPS) is 10.9. The Labute approximate surface area is 135 Å². The van der Waals surface area contributed by atoms with Gasteiger partial charge in [0.25, 0.3) is 0 Å². The molecule has 2 heterocycles. The van der Waals surface area contributed by atoms with Gasteiger partial charge in [0.05, 0.1) is 28.9 Å². The number of rotatable bonds is 1. The van der Waals surface area contributed by atoms with E-state index in [1.807, 2.05) is 42.6 Å². The molecule has 0 spiro atoms. The highest BCUT2D eigenvalue weighted by molar-refractivity contribution is 9.10. The summed E-state index contributed by atoms with van der Waals surface area (Å²) in [6.07, 6.45) is 3.67. The SMILES string of the molecule is N#Cc1cc(Br)cc(-n2c3ccccc3c3ccncc32)c1. The first-order valence-electron chi connectivity index (χ1n) is 6.82. The van der Waals surface area contributed by atoms with E-state index in [1.54, 1.807) is 6.20 Å². The zero-order chi connectivity index (χ0) is 15.1. The molecule has 0 aliphatic heterocycles. The molecular formula is C18H10BrN3. The molecule has 3 nitrogen and oxygen atoms in total. The zero-order valence-corrected chi connectivity index (χ0v) is 13.1. The average molecular weight is 348 g/mol. The van der Waals surface area contributed by atoms with Gasteiger partial charge < -0.3 is 4.57 Å². The number of fused-ring (bicyclic) bond motifs is 3. The van der Waals surface area contributed by atoms with E-state index in [0.29, 0.717) is 5.56 Å². The van der Waals surface area contributed by atoms with Gasteiger partial charge in [-0.05, 0) is 30.3 Å². The van der Waals surface area contributed by atoms with Gasteiger partial charge in [0.1, 0.15) is 0 Å². The van der Waals surface area contributed by atoms with Gasteiger partial charge in [-0.1, -0.05) is 34.1 Å². The highest BCUT2D eigenvalue weighted by Gasteiger charge is 2.12. The van der Waals surface area contributed by atoms with E-state index in [0.717, 1.165) is 26.6 Å². The summed E-state index contributed by atoms with van der Waals surface area (Å²) in [4.78, 5) is 4.26. The largest absolute Gasteiger partial charge is 0.308 e. The minimum atomic E-state index is 0.624. The van der Waals surface area contributed by atoms with Gasteiger partial charge >= 0.3 is 0 Å². The van der Waals surface area contributed by atoms with Gasteiger partial charge in [-0.2, -0.15) is 5.26 Å². The molecule has 0 saturated carbocycles. The maximum atomic E-state index is 9.22. The van der Waals surface area contributed by atoms with E-state index in [-0.39, 0.29) is 0 Å². The fourth-order valence-electron chi connectivity index (χ4n) is 2.86. The fourth-order valence-corrected chi connectivity index (χ4v) is 3.35. The molecule has 4 heteroatoms. The molecule has 22 heavy (non-hydrogen) atoms. The first kappa shape index (κ1) is 13.1. The second-order valence-electron chi connectivity index (χ2n) is 5.06. The standard InChI is InChI=1S/C18H10BrN3/c19-13-7-12(10-20)8-14(9-13)22-17-4-2-1-3-15(17)16-5-6-21-11-18(16)22/h1-9,11H. The number of pyridine rings is 1. The summed E-state index contributed by atoms with van der Waals surface area (Å²) < 4.78 is 3.03. The molecule has 0 saturated heterocycles. The maximum Gasteiger partial charge on any atom is 0.0992 e. The number of aromatic nitrogens is 2. The van der Waals surface area contributed by atoms with Crippen LogP contribution in [0.1, 0.15) is 5.56 Å². The highest BCUT2D eigenvalue weighted by Crippen LogP contribution is 2.32. The predicted octanol–water partition coefficient (Wildman–Crippen LogP) is 4.81. The molecule has 0 fully saturated rings. The van der Waals surface area contributed by atoms with Crippen LogP contribution in [0, 0.1) is 11.3 Å². The molecule has 0 bridgehead atoms. The summed E-state index contributed by atoms with van der Waals surface area (Å²) in [5, 5.41) is 11.6. The third-order valence-corrected chi connectivity index (χ3v) is 4.20. The van der Waals surface area contributed by atoms with E-state index >= 15 is 0 Å². The second kappa shape index (κ2) is 4.97. The topological polar surface area (TPSA) is 41.6 Å². The lowest BCUT2D eigenvalue weighted by atomic mass is 10.2. The highest BCUT2D eigenvalue weighted by atomic mass is 79.9. The van der Waals surface area contributed by atoms with Gasteiger partial charge in [-0.3, -0.25) is 4.98 Å². The molecule has 0 atom stereocenters. The quantitative estimate of drug-likeness (QED) is 0.495. The van der Waals surface area contributed by atoms with Gasteiger partial charge in [0, 0.05) is 27.1 Å². The van der Waals surface area contributed by atoms with Crippen LogP contribution in [0.2, 0.25) is 0 Å². The molecule has 0 radical (unpaired) electrons. The molecular weight excluding hydrogens is 338 g/mol. The van der Waals surface area contributed by atoms with Gasteiger partial charge in [-0.15, -0.1) is 0 Å². The van der Waals surface area contributed by atoms with Crippen molar-refractivity contribution in [2.24, 2.45) is 0 Å². The van der Waals surface area contributed by atoms with Crippen LogP contribution in [0.15, 0.2) is 65.4 Å². The lowest BCUT2D eigenvalue weighted by Gasteiger charge is -2.08. The van der Waals surface area contributed by atoms with Crippen molar-refractivity contribution >= 4 is 37.7 Å². The number of benzene rings is 2. The van der Waals surface area contributed by atoms with E-state index in [1.165, 1.54) is 5.39 Å². The number of halogens is 1. The molecule has 0 aliphatic carbocycles. The van der Waals surface area contributed by atoms with Crippen LogP contribution < -0.4 is 0 Å². The van der Waals surface area contributed by atoms with Crippen molar-refractivity contribution in [3.8, 4) is 11.8 Å². The Bertz CT molecular complexity index is 1000. The van der Waals surface area contributed by atoms with Crippen LogP contribution in [0.25, 0.3) is 27.5 Å². The summed E-state index contributed by atoms with van der Waals surface area (Å²) in [5.41, 5.74) is 3.71. The lowest BCUT2D eigenvalue weighted by Crippen LogP contribution is -1.95. The molecule has 0 N–H and O–H groups in total. The number of para-hydroxylation sites is 1. The Kier molecular flexibility index (Phi) is 2.95. The van der Waals surface area contributed by atoms with Crippen molar-refractivity contribution in [3.63, 3.8) is 0 Å². The summed E-state index contributed by atoms with van der Waals surface area (Å²) in [7, 11) is 0. The fraction of sp³-hybridized carbons (Fsp3) is 0. The minimum absolute atomic E-state index is 0.624. The average Bonchev–Trinajstić information content (AvgIpc) is 2.89. The van der Waals surface area contributed by atoms with Crippen molar-refractivity contribution in [1.82, 2.24) is 9.55 Å². The first-order chi connectivity index (χ1) is 10.8. The van der Waals surface area contributed by atoms with Crippen molar-refractivity contribution in [1.29, 1.82) is 5.26 Å². The molecule has 0 aliphatic rings. The van der Waals surface area contributed by atoms with Crippen LogP contribution in [0.3, 0.4) is 0 Å². The molecule has 104 valence electrons. The van der Waals surface area contributed by atoms with E-state index < -0.39 is 0 Å².